The molecule has 0 amide bonds. The van der Waals surface area contributed by atoms with Gasteiger partial charge in [0.15, 0.2) is 17.3 Å². The SMILES string of the molecule is COc1cccc(C(=O)c2c[nH]c3cccc(OC)c23)c1OC. The number of methoxy groups -OCH3 is 3. The topological polar surface area (TPSA) is 60.6 Å². The Bertz CT molecular complexity index is 867. The van der Waals surface area contributed by atoms with Gasteiger partial charge in [0, 0.05) is 11.7 Å². The molecule has 0 atom stereocenters. The lowest BCUT2D eigenvalue weighted by molar-refractivity contribution is 0.103. The minimum Gasteiger partial charge on any atom is -0.496 e. The number of ketones is 1. The Morgan fingerprint density at radius 3 is 2.26 bits per heavy atom. The molecule has 23 heavy (non-hydrogen) atoms. The molecule has 0 spiro atoms. The van der Waals surface area contributed by atoms with Gasteiger partial charge >= 0.3 is 0 Å². The summed E-state index contributed by atoms with van der Waals surface area (Å²) in [5.74, 6) is 1.43. The van der Waals surface area contributed by atoms with E-state index in [9.17, 15) is 4.79 Å². The van der Waals surface area contributed by atoms with E-state index in [4.69, 9.17) is 14.2 Å². The fraction of sp³-hybridized carbons (Fsp3) is 0.167. The molecule has 3 aromatic rings. The van der Waals surface area contributed by atoms with Crippen LogP contribution < -0.4 is 14.2 Å². The first-order valence-corrected chi connectivity index (χ1v) is 7.11. The summed E-state index contributed by atoms with van der Waals surface area (Å²) < 4.78 is 16.0. The second-order valence-corrected chi connectivity index (χ2v) is 4.96. The average Bonchev–Trinajstić information content (AvgIpc) is 3.04. The fourth-order valence-electron chi connectivity index (χ4n) is 2.71. The predicted molar refractivity (Wildman–Crippen MR) is 87.8 cm³/mol. The summed E-state index contributed by atoms with van der Waals surface area (Å²) in [6.07, 6.45) is 1.69. The molecule has 118 valence electrons. The summed E-state index contributed by atoms with van der Waals surface area (Å²) >= 11 is 0. The molecule has 0 saturated carbocycles. The van der Waals surface area contributed by atoms with E-state index in [-0.39, 0.29) is 5.78 Å². The third kappa shape index (κ3) is 2.40. The third-order valence-corrected chi connectivity index (χ3v) is 3.78. The fourth-order valence-corrected chi connectivity index (χ4v) is 2.71. The van der Waals surface area contributed by atoms with Crippen LogP contribution in [0.4, 0.5) is 0 Å². The lowest BCUT2D eigenvalue weighted by atomic mass is 10.0. The van der Waals surface area contributed by atoms with Crippen LogP contribution in [0, 0.1) is 0 Å². The van der Waals surface area contributed by atoms with Crippen molar-refractivity contribution in [1.82, 2.24) is 4.98 Å². The monoisotopic (exact) mass is 311 g/mol. The van der Waals surface area contributed by atoms with Gasteiger partial charge in [-0.05, 0) is 24.3 Å². The van der Waals surface area contributed by atoms with Crippen molar-refractivity contribution in [2.75, 3.05) is 21.3 Å². The van der Waals surface area contributed by atoms with E-state index in [0.29, 0.717) is 28.4 Å². The summed E-state index contributed by atoms with van der Waals surface area (Å²) in [5, 5.41) is 0.755. The van der Waals surface area contributed by atoms with Crippen molar-refractivity contribution in [3.8, 4) is 17.2 Å². The van der Waals surface area contributed by atoms with Gasteiger partial charge in [0.05, 0.1) is 37.8 Å². The van der Waals surface area contributed by atoms with Gasteiger partial charge in [0.2, 0.25) is 0 Å². The zero-order valence-electron chi connectivity index (χ0n) is 13.2. The number of hydrogen-bond donors (Lipinski definition) is 1. The zero-order chi connectivity index (χ0) is 16.4. The highest BCUT2D eigenvalue weighted by Gasteiger charge is 2.22. The lowest BCUT2D eigenvalue weighted by Crippen LogP contribution is -2.05. The molecule has 2 aromatic carbocycles. The Balaban J connectivity index is 2.19. The van der Waals surface area contributed by atoms with E-state index in [0.717, 1.165) is 10.9 Å². The van der Waals surface area contributed by atoms with Crippen LogP contribution >= 0.6 is 0 Å². The van der Waals surface area contributed by atoms with Crippen LogP contribution in [0.1, 0.15) is 15.9 Å². The van der Waals surface area contributed by atoms with Crippen LogP contribution in [0.5, 0.6) is 17.2 Å². The molecule has 1 heterocycles. The van der Waals surface area contributed by atoms with Crippen LogP contribution in [-0.2, 0) is 0 Å². The predicted octanol–water partition coefficient (Wildman–Crippen LogP) is 3.42. The molecule has 0 bridgehead atoms. The second-order valence-electron chi connectivity index (χ2n) is 4.96. The van der Waals surface area contributed by atoms with E-state index in [1.54, 1.807) is 38.6 Å². The second kappa shape index (κ2) is 6.04. The number of aromatic amines is 1. The molecule has 0 unspecified atom stereocenters. The number of carbonyl (C=O) groups is 1. The van der Waals surface area contributed by atoms with Gasteiger partial charge in [0.1, 0.15) is 5.75 Å². The first-order chi connectivity index (χ1) is 11.2. The van der Waals surface area contributed by atoms with Crippen LogP contribution in [0.25, 0.3) is 10.9 Å². The average molecular weight is 311 g/mol. The number of aromatic nitrogens is 1. The van der Waals surface area contributed by atoms with Crippen LogP contribution in [-0.4, -0.2) is 32.1 Å². The van der Waals surface area contributed by atoms with Gasteiger partial charge in [-0.15, -0.1) is 0 Å². The summed E-state index contributed by atoms with van der Waals surface area (Å²) in [6, 6.07) is 10.8. The molecule has 5 heteroatoms. The number of ether oxygens (including phenoxy) is 3. The lowest BCUT2D eigenvalue weighted by Gasteiger charge is -2.11. The summed E-state index contributed by atoms with van der Waals surface area (Å²) in [5.41, 5.74) is 1.82. The highest BCUT2D eigenvalue weighted by molar-refractivity contribution is 6.19. The van der Waals surface area contributed by atoms with Crippen molar-refractivity contribution in [3.63, 3.8) is 0 Å². The first kappa shape index (κ1) is 15.0. The molecule has 0 radical (unpaired) electrons. The molecule has 1 N–H and O–H groups in total. The minimum absolute atomic E-state index is 0.156. The minimum atomic E-state index is -0.156. The van der Waals surface area contributed by atoms with Crippen molar-refractivity contribution in [3.05, 3.63) is 53.7 Å². The van der Waals surface area contributed by atoms with Crippen molar-refractivity contribution in [2.45, 2.75) is 0 Å². The van der Waals surface area contributed by atoms with Gasteiger partial charge in [-0.2, -0.15) is 0 Å². The van der Waals surface area contributed by atoms with E-state index in [2.05, 4.69) is 4.98 Å². The number of nitrogens with one attached hydrogen (secondary N) is 1. The summed E-state index contributed by atoms with van der Waals surface area (Å²) in [6.45, 7) is 0. The molecule has 0 aliphatic rings. The molecule has 0 saturated heterocycles. The molecular weight excluding hydrogens is 294 g/mol. The molecule has 0 fully saturated rings. The maximum Gasteiger partial charge on any atom is 0.199 e. The Kier molecular flexibility index (Phi) is 3.93. The first-order valence-electron chi connectivity index (χ1n) is 7.11. The number of benzene rings is 2. The van der Waals surface area contributed by atoms with Gasteiger partial charge in [-0.3, -0.25) is 4.79 Å². The summed E-state index contributed by atoms with van der Waals surface area (Å²) in [7, 11) is 4.65. The zero-order valence-corrected chi connectivity index (χ0v) is 13.2. The van der Waals surface area contributed by atoms with Crippen LogP contribution in [0.2, 0.25) is 0 Å². The van der Waals surface area contributed by atoms with Crippen molar-refractivity contribution in [1.29, 1.82) is 0 Å². The number of fused-ring (bicyclic) bond motifs is 1. The Morgan fingerprint density at radius 1 is 0.870 bits per heavy atom. The number of rotatable bonds is 5. The van der Waals surface area contributed by atoms with Gasteiger partial charge in [-0.1, -0.05) is 12.1 Å². The van der Waals surface area contributed by atoms with Crippen molar-refractivity contribution >= 4 is 16.7 Å². The van der Waals surface area contributed by atoms with Gasteiger partial charge in [-0.25, -0.2) is 0 Å². The van der Waals surface area contributed by atoms with Crippen LogP contribution in [0.3, 0.4) is 0 Å². The highest BCUT2D eigenvalue weighted by Crippen LogP contribution is 2.35. The molecule has 0 aliphatic heterocycles. The number of hydrogen-bond acceptors (Lipinski definition) is 4. The van der Waals surface area contributed by atoms with E-state index in [1.165, 1.54) is 7.11 Å². The molecule has 0 aliphatic carbocycles. The van der Waals surface area contributed by atoms with E-state index in [1.807, 2.05) is 18.2 Å². The van der Waals surface area contributed by atoms with Gasteiger partial charge < -0.3 is 19.2 Å². The normalized spacial score (nSPS) is 10.6. The van der Waals surface area contributed by atoms with Crippen molar-refractivity contribution < 1.29 is 19.0 Å². The molecule has 5 nitrogen and oxygen atoms in total. The number of H-pyrrole nitrogens is 1. The van der Waals surface area contributed by atoms with Crippen LogP contribution in [0.15, 0.2) is 42.6 Å². The van der Waals surface area contributed by atoms with E-state index < -0.39 is 0 Å². The number of carbonyl (C=O) groups excluding carboxylic acids is 1. The molecular formula is C18H17NO4. The smallest absolute Gasteiger partial charge is 0.199 e. The molecule has 1 aromatic heterocycles. The Hall–Kier alpha value is -2.95. The Labute approximate surface area is 133 Å². The highest BCUT2D eigenvalue weighted by atomic mass is 16.5. The van der Waals surface area contributed by atoms with Crippen molar-refractivity contribution in [2.24, 2.45) is 0 Å². The maximum absolute atomic E-state index is 13.0. The van der Waals surface area contributed by atoms with Gasteiger partial charge in [0.25, 0.3) is 0 Å². The number of para-hydroxylation sites is 1. The largest absolute Gasteiger partial charge is 0.496 e. The maximum atomic E-state index is 13.0. The quantitative estimate of drug-likeness (QED) is 0.733. The van der Waals surface area contributed by atoms with E-state index >= 15 is 0 Å². The standard InChI is InChI=1S/C18H17NO4/c1-21-14-8-5-7-13-16(14)12(10-19-13)17(20)11-6-4-9-15(22-2)18(11)23-3/h4-10,19H,1-3H3. The molecule has 3 rings (SSSR count). The third-order valence-electron chi connectivity index (χ3n) is 3.78. The summed E-state index contributed by atoms with van der Waals surface area (Å²) in [4.78, 5) is 16.1. The Morgan fingerprint density at radius 2 is 1.57 bits per heavy atom.